The summed E-state index contributed by atoms with van der Waals surface area (Å²) in [6.45, 7) is 1.77. The van der Waals surface area contributed by atoms with Crippen LogP contribution in [0.5, 0.6) is 0 Å². The summed E-state index contributed by atoms with van der Waals surface area (Å²) in [5.41, 5.74) is 4.09. The largest absolute Gasteiger partial charge is 0.347 e. The number of aryl methyl sites for hydroxylation is 2. The fourth-order valence-electron chi connectivity index (χ4n) is 5.42. The van der Waals surface area contributed by atoms with Crippen LogP contribution in [0, 0.1) is 0 Å². The quantitative estimate of drug-likeness (QED) is 0.156. The van der Waals surface area contributed by atoms with Crippen LogP contribution in [0.3, 0.4) is 0 Å². The smallest absolute Gasteiger partial charge is 0.229 e. The predicted octanol–water partition coefficient (Wildman–Crippen LogP) is 4.62. The molecule has 0 spiro atoms. The fourth-order valence-corrected chi connectivity index (χ4v) is 6.23. The minimum Gasteiger partial charge on any atom is -0.347 e. The maximum Gasteiger partial charge on any atom is 0.229 e. The number of unbranched alkanes of at least 4 members (excludes halogenated alkanes) is 1. The first-order chi connectivity index (χ1) is 21.6. The maximum absolute atomic E-state index is 12.5. The van der Waals surface area contributed by atoms with Crippen LogP contribution in [-0.4, -0.2) is 62.5 Å². The van der Waals surface area contributed by atoms with E-state index in [4.69, 9.17) is 4.74 Å². The standard InChI is InChI=1S/C33H37N7O3S/c41-29(21-23-9-2-1-3-10-23)34-28-16-15-26(36-37-28)13-4-5-14-30-38-39-33(44-30)35-32-27(43-32)20-24-11-8-12-25(19-24)22-31(42)40-17-6-7-18-40/h1-3,8-12,15-16,19,27,32H,4-7,13-14,17-18,20-22H2,(H,35,39)(H,34,37,41). The fraction of sp³-hybridized carbons (Fsp3) is 0.394. The number of aromatic nitrogens is 4. The third kappa shape index (κ3) is 8.67. The number of carbonyl (C=O) groups excluding carboxylic acids is 2. The average molecular weight is 612 g/mol. The zero-order valence-electron chi connectivity index (χ0n) is 24.7. The van der Waals surface area contributed by atoms with Crippen LogP contribution in [-0.2, 0) is 46.4 Å². The summed E-state index contributed by atoms with van der Waals surface area (Å²) in [5, 5.41) is 25.0. The van der Waals surface area contributed by atoms with Gasteiger partial charge in [0.2, 0.25) is 16.9 Å². The number of likely N-dealkylation sites (tertiary alicyclic amines) is 1. The molecule has 2 unspecified atom stereocenters. The number of nitrogens with zero attached hydrogens (tertiary/aromatic N) is 5. The lowest BCUT2D eigenvalue weighted by Gasteiger charge is -2.15. The van der Waals surface area contributed by atoms with Crippen LogP contribution in [0.15, 0.2) is 66.7 Å². The van der Waals surface area contributed by atoms with E-state index in [1.165, 1.54) is 5.56 Å². The summed E-state index contributed by atoms with van der Waals surface area (Å²) >= 11 is 1.56. The van der Waals surface area contributed by atoms with Gasteiger partial charge in [-0.2, -0.15) is 5.10 Å². The van der Waals surface area contributed by atoms with Gasteiger partial charge >= 0.3 is 0 Å². The van der Waals surface area contributed by atoms with Crippen LogP contribution in [0.1, 0.15) is 53.1 Å². The summed E-state index contributed by atoms with van der Waals surface area (Å²) in [4.78, 5) is 26.7. The van der Waals surface area contributed by atoms with E-state index in [1.807, 2.05) is 53.4 Å². The van der Waals surface area contributed by atoms with E-state index in [0.717, 1.165) is 85.0 Å². The summed E-state index contributed by atoms with van der Waals surface area (Å²) in [5.74, 6) is 0.571. The molecule has 4 aromatic rings. The molecule has 44 heavy (non-hydrogen) atoms. The van der Waals surface area contributed by atoms with Gasteiger partial charge in [0.1, 0.15) is 11.1 Å². The van der Waals surface area contributed by atoms with E-state index < -0.39 is 0 Å². The molecule has 6 rings (SSSR count). The van der Waals surface area contributed by atoms with Gasteiger partial charge in [0.05, 0.1) is 18.5 Å². The SMILES string of the molecule is O=C(Cc1ccccc1)Nc1ccc(CCCCc2nnc(NC3OC3Cc3cccc(CC(=O)N4CCCC4)c3)s2)nn1. The van der Waals surface area contributed by atoms with Gasteiger partial charge in [0, 0.05) is 25.9 Å². The van der Waals surface area contributed by atoms with E-state index in [1.54, 1.807) is 17.4 Å². The summed E-state index contributed by atoms with van der Waals surface area (Å²) in [7, 11) is 0. The highest BCUT2D eigenvalue weighted by molar-refractivity contribution is 7.15. The van der Waals surface area contributed by atoms with Crippen LogP contribution >= 0.6 is 11.3 Å². The molecule has 2 aliphatic heterocycles. The van der Waals surface area contributed by atoms with E-state index in [-0.39, 0.29) is 24.1 Å². The van der Waals surface area contributed by atoms with Gasteiger partial charge in [-0.25, -0.2) is 0 Å². The maximum atomic E-state index is 12.5. The number of epoxide rings is 1. The molecule has 2 atom stereocenters. The predicted molar refractivity (Wildman–Crippen MR) is 169 cm³/mol. The first-order valence-corrected chi connectivity index (χ1v) is 16.2. The molecule has 2 aromatic heterocycles. The Balaban J connectivity index is 0.873. The highest BCUT2D eigenvalue weighted by atomic mass is 32.1. The van der Waals surface area contributed by atoms with Gasteiger partial charge in [0.15, 0.2) is 12.0 Å². The minimum absolute atomic E-state index is 0.0737. The second-order valence-electron chi connectivity index (χ2n) is 11.4. The molecule has 228 valence electrons. The van der Waals surface area contributed by atoms with Crippen molar-refractivity contribution in [3.05, 3.63) is 94.1 Å². The summed E-state index contributed by atoms with van der Waals surface area (Å²) < 4.78 is 5.86. The lowest BCUT2D eigenvalue weighted by atomic mass is 10.0. The molecule has 0 bridgehead atoms. The molecule has 2 saturated heterocycles. The highest BCUT2D eigenvalue weighted by Crippen LogP contribution is 2.29. The summed E-state index contributed by atoms with van der Waals surface area (Å²) in [6, 6.07) is 21.6. The molecule has 0 saturated carbocycles. The molecule has 2 aliphatic rings. The molecule has 2 N–H and O–H groups in total. The van der Waals surface area contributed by atoms with Crippen LogP contribution in [0.25, 0.3) is 0 Å². The molecule has 4 heterocycles. The van der Waals surface area contributed by atoms with Gasteiger partial charge in [0.25, 0.3) is 0 Å². The van der Waals surface area contributed by atoms with Crippen molar-refractivity contribution in [2.45, 2.75) is 70.1 Å². The Morgan fingerprint density at radius 3 is 2.45 bits per heavy atom. The van der Waals surface area contributed by atoms with Gasteiger partial charge in [-0.05, 0) is 60.9 Å². The zero-order chi connectivity index (χ0) is 30.1. The second kappa shape index (κ2) is 14.5. The Labute approximate surface area is 261 Å². The number of anilines is 2. The van der Waals surface area contributed by atoms with Crippen molar-refractivity contribution in [3.63, 3.8) is 0 Å². The number of hydrogen-bond donors (Lipinski definition) is 2. The second-order valence-corrected chi connectivity index (χ2v) is 12.4. The van der Waals surface area contributed by atoms with Crippen molar-refractivity contribution in [1.29, 1.82) is 0 Å². The number of hydrogen-bond acceptors (Lipinski definition) is 9. The lowest BCUT2D eigenvalue weighted by molar-refractivity contribution is -0.129. The van der Waals surface area contributed by atoms with Crippen molar-refractivity contribution < 1.29 is 14.3 Å². The number of carbonyl (C=O) groups is 2. The lowest BCUT2D eigenvalue weighted by Crippen LogP contribution is -2.29. The Kier molecular flexibility index (Phi) is 9.83. The first-order valence-electron chi connectivity index (χ1n) is 15.3. The summed E-state index contributed by atoms with van der Waals surface area (Å²) in [6.07, 6.45) is 7.35. The molecule has 2 fully saturated rings. The van der Waals surface area contributed by atoms with Crippen molar-refractivity contribution in [2.24, 2.45) is 0 Å². The van der Waals surface area contributed by atoms with E-state index in [2.05, 4.69) is 43.2 Å². The van der Waals surface area contributed by atoms with Crippen LogP contribution in [0.2, 0.25) is 0 Å². The van der Waals surface area contributed by atoms with Gasteiger partial charge in [-0.1, -0.05) is 65.9 Å². The topological polar surface area (TPSA) is 126 Å². The average Bonchev–Trinajstić information content (AvgIpc) is 3.38. The Morgan fingerprint density at radius 1 is 0.841 bits per heavy atom. The number of rotatable bonds is 14. The molecular weight excluding hydrogens is 574 g/mol. The van der Waals surface area contributed by atoms with Crippen molar-refractivity contribution in [2.75, 3.05) is 23.7 Å². The zero-order valence-corrected chi connectivity index (χ0v) is 25.5. The van der Waals surface area contributed by atoms with Crippen LogP contribution in [0.4, 0.5) is 10.9 Å². The highest BCUT2D eigenvalue weighted by Gasteiger charge is 2.39. The number of nitrogens with one attached hydrogen (secondary N) is 2. The number of ether oxygens (including phenoxy) is 1. The Bertz CT molecular complexity index is 1540. The van der Waals surface area contributed by atoms with Gasteiger partial charge in [-0.3, -0.25) is 9.59 Å². The van der Waals surface area contributed by atoms with E-state index >= 15 is 0 Å². The third-order valence-electron chi connectivity index (χ3n) is 7.83. The molecule has 0 radical (unpaired) electrons. The van der Waals surface area contributed by atoms with Crippen molar-refractivity contribution in [3.8, 4) is 0 Å². The van der Waals surface area contributed by atoms with Crippen molar-refractivity contribution in [1.82, 2.24) is 25.3 Å². The third-order valence-corrected chi connectivity index (χ3v) is 8.74. The van der Waals surface area contributed by atoms with Crippen LogP contribution < -0.4 is 10.6 Å². The minimum atomic E-state index is -0.111. The van der Waals surface area contributed by atoms with Crippen molar-refractivity contribution >= 4 is 34.1 Å². The first kappa shape index (κ1) is 29.8. The molecule has 11 heteroatoms. The number of benzene rings is 2. The normalized spacial score (nSPS) is 17.4. The van der Waals surface area contributed by atoms with Gasteiger partial charge in [-0.15, -0.1) is 15.3 Å². The van der Waals surface area contributed by atoms with E-state index in [9.17, 15) is 9.59 Å². The molecule has 0 aliphatic carbocycles. The molecule has 2 amide bonds. The molecular formula is C33H37N7O3S. The van der Waals surface area contributed by atoms with Gasteiger partial charge < -0.3 is 20.3 Å². The Hall–Kier alpha value is -4.22. The Morgan fingerprint density at radius 2 is 1.64 bits per heavy atom. The molecule has 2 aromatic carbocycles. The monoisotopic (exact) mass is 611 g/mol. The number of amides is 2. The van der Waals surface area contributed by atoms with E-state index in [0.29, 0.717) is 18.7 Å². The molecule has 10 nitrogen and oxygen atoms in total.